The second kappa shape index (κ2) is 8.97. The van der Waals surface area contributed by atoms with Crippen LogP contribution in [0.2, 0.25) is 0 Å². The van der Waals surface area contributed by atoms with Gasteiger partial charge in [-0.2, -0.15) is 4.31 Å². The Kier molecular flexibility index (Phi) is 6.57. The minimum atomic E-state index is -3.71. The molecule has 0 bridgehead atoms. The van der Waals surface area contributed by atoms with Crippen LogP contribution in [0.5, 0.6) is 0 Å². The highest BCUT2D eigenvalue weighted by atomic mass is 32.2. The van der Waals surface area contributed by atoms with E-state index in [4.69, 9.17) is 4.52 Å². The van der Waals surface area contributed by atoms with Crippen molar-refractivity contribution < 1.29 is 22.5 Å². The molecule has 1 aromatic heterocycles. The van der Waals surface area contributed by atoms with E-state index in [2.05, 4.69) is 5.16 Å². The number of hydrogen-bond donors (Lipinski definition) is 0. The second-order valence-corrected chi connectivity index (χ2v) is 8.97. The summed E-state index contributed by atoms with van der Waals surface area (Å²) in [7, 11) is -3.71. The van der Waals surface area contributed by atoms with Crippen LogP contribution >= 0.6 is 0 Å². The predicted molar refractivity (Wildman–Crippen MR) is 110 cm³/mol. The van der Waals surface area contributed by atoms with Gasteiger partial charge in [-0.1, -0.05) is 5.16 Å². The zero-order valence-corrected chi connectivity index (χ0v) is 18.2. The fraction of sp³-hybridized carbons (Fsp3) is 0.450. The molecule has 0 spiro atoms. The maximum absolute atomic E-state index is 13.0. The first-order valence-electron chi connectivity index (χ1n) is 9.90. The van der Waals surface area contributed by atoms with Gasteiger partial charge in [-0.05, 0) is 45.0 Å². The zero-order valence-electron chi connectivity index (χ0n) is 17.4. The van der Waals surface area contributed by atoms with E-state index in [1.165, 1.54) is 16.4 Å². The van der Waals surface area contributed by atoms with Crippen LogP contribution in [-0.2, 0) is 10.0 Å². The smallest absolute Gasteiger partial charge is 0.292 e. The maximum Gasteiger partial charge on any atom is 0.292 e. The fourth-order valence-corrected chi connectivity index (χ4v) is 4.79. The Morgan fingerprint density at radius 2 is 1.67 bits per heavy atom. The van der Waals surface area contributed by atoms with Crippen LogP contribution < -0.4 is 0 Å². The van der Waals surface area contributed by atoms with Crippen LogP contribution in [0, 0.1) is 6.92 Å². The van der Waals surface area contributed by atoms with Gasteiger partial charge in [0.1, 0.15) is 0 Å². The molecule has 0 N–H and O–H groups in total. The van der Waals surface area contributed by atoms with Crippen LogP contribution in [0.3, 0.4) is 0 Å². The Labute approximate surface area is 176 Å². The summed E-state index contributed by atoms with van der Waals surface area (Å²) in [4.78, 5) is 28.2. The summed E-state index contributed by atoms with van der Waals surface area (Å²) in [6.45, 7) is 7.58. The summed E-state index contributed by atoms with van der Waals surface area (Å²) in [6.07, 6.45) is 0. The first-order chi connectivity index (χ1) is 14.3. The van der Waals surface area contributed by atoms with Crippen molar-refractivity contribution in [1.82, 2.24) is 19.3 Å². The van der Waals surface area contributed by atoms with Gasteiger partial charge in [0.15, 0.2) is 0 Å². The van der Waals surface area contributed by atoms with E-state index in [1.54, 1.807) is 34.9 Å². The molecule has 0 saturated carbocycles. The third-order valence-electron chi connectivity index (χ3n) is 5.15. The van der Waals surface area contributed by atoms with E-state index in [1.807, 2.05) is 13.8 Å². The number of rotatable bonds is 6. The average molecular weight is 435 g/mol. The van der Waals surface area contributed by atoms with E-state index < -0.39 is 10.0 Å². The lowest BCUT2D eigenvalue weighted by molar-refractivity contribution is 0.0656. The molecular formula is C20H26N4O5S. The van der Waals surface area contributed by atoms with Gasteiger partial charge in [0.25, 0.3) is 11.8 Å². The molecule has 1 fully saturated rings. The summed E-state index contributed by atoms with van der Waals surface area (Å²) < 4.78 is 32.3. The molecule has 0 unspecified atom stereocenters. The minimum Gasteiger partial charge on any atom is -0.351 e. The van der Waals surface area contributed by atoms with Gasteiger partial charge in [-0.3, -0.25) is 9.59 Å². The third-order valence-corrected chi connectivity index (χ3v) is 7.07. The molecule has 10 heteroatoms. The van der Waals surface area contributed by atoms with Crippen LogP contribution in [0.25, 0.3) is 0 Å². The molecule has 1 saturated heterocycles. The Hall–Kier alpha value is -2.72. The number of aromatic nitrogens is 1. The SMILES string of the molecule is CCN(CC)C(=O)c1ccc(S(=O)(=O)N2CCN(C(=O)c3cc(C)no3)CC2)cc1. The quantitative estimate of drug-likeness (QED) is 0.684. The first kappa shape index (κ1) is 22.0. The van der Waals surface area contributed by atoms with Gasteiger partial charge in [0.2, 0.25) is 15.8 Å². The van der Waals surface area contributed by atoms with Crippen LogP contribution in [-0.4, -0.2) is 78.8 Å². The van der Waals surface area contributed by atoms with Crippen molar-refractivity contribution >= 4 is 21.8 Å². The number of carbonyl (C=O) groups excluding carboxylic acids is 2. The van der Waals surface area contributed by atoms with E-state index in [-0.39, 0.29) is 48.6 Å². The molecule has 9 nitrogen and oxygen atoms in total. The van der Waals surface area contributed by atoms with Crippen molar-refractivity contribution in [3.8, 4) is 0 Å². The lowest BCUT2D eigenvalue weighted by Crippen LogP contribution is -2.50. The third kappa shape index (κ3) is 4.39. The number of carbonyl (C=O) groups is 2. The topological polar surface area (TPSA) is 104 Å². The van der Waals surface area contributed by atoms with Gasteiger partial charge >= 0.3 is 0 Å². The number of sulfonamides is 1. The molecule has 1 aliphatic heterocycles. The molecule has 2 aromatic rings. The molecule has 0 aliphatic carbocycles. The molecular weight excluding hydrogens is 408 g/mol. The van der Waals surface area contributed by atoms with Gasteiger partial charge < -0.3 is 14.3 Å². The highest BCUT2D eigenvalue weighted by Gasteiger charge is 2.31. The summed E-state index contributed by atoms with van der Waals surface area (Å²) in [5.41, 5.74) is 1.07. The molecule has 30 heavy (non-hydrogen) atoms. The lowest BCUT2D eigenvalue weighted by atomic mass is 10.2. The number of benzene rings is 1. The van der Waals surface area contributed by atoms with Crippen LogP contribution in [0.4, 0.5) is 0 Å². The van der Waals surface area contributed by atoms with Crippen LogP contribution in [0.1, 0.15) is 40.5 Å². The molecule has 2 amide bonds. The summed E-state index contributed by atoms with van der Waals surface area (Å²) >= 11 is 0. The fourth-order valence-electron chi connectivity index (χ4n) is 3.36. The Bertz CT molecular complexity index is 1000. The van der Waals surface area contributed by atoms with E-state index >= 15 is 0 Å². The highest BCUT2D eigenvalue weighted by Crippen LogP contribution is 2.20. The van der Waals surface area contributed by atoms with Gasteiger partial charge in [-0.25, -0.2) is 8.42 Å². The van der Waals surface area contributed by atoms with Crippen molar-refractivity contribution in [1.29, 1.82) is 0 Å². The number of aryl methyl sites for hydroxylation is 1. The van der Waals surface area contributed by atoms with Crippen molar-refractivity contribution in [2.24, 2.45) is 0 Å². The lowest BCUT2D eigenvalue weighted by Gasteiger charge is -2.33. The summed E-state index contributed by atoms with van der Waals surface area (Å²) in [6, 6.07) is 7.56. The monoisotopic (exact) mass is 434 g/mol. The molecule has 1 aromatic carbocycles. The maximum atomic E-state index is 13.0. The van der Waals surface area contributed by atoms with E-state index in [0.717, 1.165) is 0 Å². The zero-order chi connectivity index (χ0) is 21.9. The Balaban J connectivity index is 1.66. The average Bonchev–Trinajstić information content (AvgIpc) is 3.20. The van der Waals surface area contributed by atoms with Crippen molar-refractivity contribution in [2.75, 3.05) is 39.3 Å². The molecule has 162 valence electrons. The second-order valence-electron chi connectivity index (χ2n) is 7.03. The predicted octanol–water partition coefficient (Wildman–Crippen LogP) is 1.61. The van der Waals surface area contributed by atoms with Gasteiger partial charge in [-0.15, -0.1) is 0 Å². The molecule has 0 radical (unpaired) electrons. The molecule has 2 heterocycles. The summed E-state index contributed by atoms with van der Waals surface area (Å²) in [5.74, 6) is -0.275. The first-order valence-corrected chi connectivity index (χ1v) is 11.3. The van der Waals surface area contributed by atoms with Crippen molar-refractivity contribution in [3.05, 3.63) is 47.3 Å². The Morgan fingerprint density at radius 1 is 1.07 bits per heavy atom. The van der Waals surface area contributed by atoms with Gasteiger partial charge in [0.05, 0.1) is 10.6 Å². The number of hydrogen-bond acceptors (Lipinski definition) is 6. The Morgan fingerprint density at radius 3 is 2.17 bits per heavy atom. The van der Waals surface area contributed by atoms with Gasteiger partial charge in [0, 0.05) is 50.9 Å². The molecule has 1 aliphatic rings. The minimum absolute atomic E-state index is 0.126. The van der Waals surface area contributed by atoms with Crippen molar-refractivity contribution in [2.45, 2.75) is 25.7 Å². The van der Waals surface area contributed by atoms with Crippen molar-refractivity contribution in [3.63, 3.8) is 0 Å². The number of nitrogens with zero attached hydrogens (tertiary/aromatic N) is 4. The largest absolute Gasteiger partial charge is 0.351 e. The van der Waals surface area contributed by atoms with E-state index in [0.29, 0.717) is 24.3 Å². The normalized spacial score (nSPS) is 15.2. The molecule has 3 rings (SSSR count). The highest BCUT2D eigenvalue weighted by molar-refractivity contribution is 7.89. The van der Waals surface area contributed by atoms with Crippen LogP contribution in [0.15, 0.2) is 39.8 Å². The van der Waals surface area contributed by atoms with E-state index in [9.17, 15) is 18.0 Å². The molecule has 0 atom stereocenters. The standard InChI is InChI=1S/C20H26N4O5S/c1-4-22(5-2)19(25)16-6-8-17(9-7-16)30(27,28)24-12-10-23(11-13-24)20(26)18-14-15(3)21-29-18/h6-9,14H,4-5,10-13H2,1-3H3. The number of piperazine rings is 1. The number of amides is 2. The summed E-state index contributed by atoms with van der Waals surface area (Å²) in [5, 5.41) is 3.71.